The Kier molecular flexibility index (Phi) is 10.4. The molecule has 3 aromatic carbocycles. The summed E-state index contributed by atoms with van der Waals surface area (Å²) >= 11 is 1.49. The second kappa shape index (κ2) is 14.4. The van der Waals surface area contributed by atoms with Gasteiger partial charge in [-0.1, -0.05) is 49.9 Å². The van der Waals surface area contributed by atoms with Gasteiger partial charge in [-0.25, -0.2) is 18.9 Å². The molecule has 2 amide bonds. The number of hydrogen-bond acceptors (Lipinski definition) is 6. The molecule has 248 valence electrons. The minimum atomic E-state index is -4.78. The molecule has 14 heteroatoms. The number of alkyl halides is 4. The molecule has 0 radical (unpaired) electrons. The lowest BCUT2D eigenvalue weighted by molar-refractivity contribution is -0.274. The number of rotatable bonds is 9. The van der Waals surface area contributed by atoms with Crippen LogP contribution in [0.3, 0.4) is 0 Å². The molecule has 1 aliphatic rings. The fourth-order valence-electron chi connectivity index (χ4n) is 5.06. The van der Waals surface area contributed by atoms with E-state index in [-0.39, 0.29) is 11.7 Å². The number of aliphatic imine (C=N–C) groups is 1. The third kappa shape index (κ3) is 8.42. The zero-order valence-electron chi connectivity index (χ0n) is 26.2. The minimum absolute atomic E-state index is 0.217. The highest BCUT2D eigenvalue weighted by molar-refractivity contribution is 8.14. The Hall–Kier alpha value is -4.59. The van der Waals surface area contributed by atoms with E-state index in [1.807, 2.05) is 23.1 Å². The van der Waals surface area contributed by atoms with Crippen LogP contribution in [0.15, 0.2) is 78.0 Å². The lowest BCUT2D eigenvalue weighted by Crippen LogP contribution is -2.38. The molecule has 1 fully saturated rings. The molecule has 4 aromatic rings. The Labute approximate surface area is 274 Å². The first-order valence-electron chi connectivity index (χ1n) is 14.9. The summed E-state index contributed by atoms with van der Waals surface area (Å²) in [5.74, 6) is 1.79. The lowest BCUT2D eigenvalue weighted by atomic mass is 10.00. The predicted molar refractivity (Wildman–Crippen MR) is 174 cm³/mol. The molecule has 0 spiro atoms. The van der Waals surface area contributed by atoms with Crippen LogP contribution in [-0.2, 0) is 0 Å². The number of hydrogen-bond donors (Lipinski definition) is 1. The largest absolute Gasteiger partial charge is 0.573 e. The van der Waals surface area contributed by atoms with E-state index in [1.165, 1.54) is 47.0 Å². The average molecular weight is 671 g/mol. The van der Waals surface area contributed by atoms with E-state index in [1.54, 1.807) is 38.3 Å². The van der Waals surface area contributed by atoms with Crippen molar-refractivity contribution in [1.29, 1.82) is 0 Å². The Morgan fingerprint density at radius 1 is 1.02 bits per heavy atom. The molecule has 47 heavy (non-hydrogen) atoms. The number of benzene rings is 3. The van der Waals surface area contributed by atoms with E-state index < -0.39 is 24.6 Å². The molecule has 0 saturated carbocycles. The van der Waals surface area contributed by atoms with Crippen LogP contribution in [0.4, 0.5) is 28.0 Å². The number of carbonyl (C=O) groups is 1. The number of urea groups is 1. The van der Waals surface area contributed by atoms with E-state index in [4.69, 9.17) is 4.74 Å². The fourth-order valence-corrected chi connectivity index (χ4v) is 6.00. The number of aromatic nitrogens is 3. The summed E-state index contributed by atoms with van der Waals surface area (Å²) in [5.41, 5.74) is 3.47. The van der Waals surface area contributed by atoms with Gasteiger partial charge in [0.1, 0.15) is 24.0 Å². The number of methoxy groups -OCH3 is 1. The maximum Gasteiger partial charge on any atom is 0.573 e. The summed E-state index contributed by atoms with van der Waals surface area (Å²) in [4.78, 5) is 23.6. The maximum absolute atomic E-state index is 15.5. The molecule has 1 aromatic heterocycles. The van der Waals surface area contributed by atoms with Gasteiger partial charge in [-0.05, 0) is 72.9 Å². The highest BCUT2D eigenvalue weighted by Gasteiger charge is 2.31. The second-order valence-corrected chi connectivity index (χ2v) is 12.2. The van der Waals surface area contributed by atoms with Crippen molar-refractivity contribution < 1.29 is 31.8 Å². The molecule has 1 saturated heterocycles. The van der Waals surface area contributed by atoms with Crippen molar-refractivity contribution in [2.24, 2.45) is 4.99 Å². The van der Waals surface area contributed by atoms with E-state index in [0.717, 1.165) is 29.2 Å². The van der Waals surface area contributed by atoms with Crippen LogP contribution in [0.1, 0.15) is 50.4 Å². The van der Waals surface area contributed by atoms with Crippen LogP contribution < -0.4 is 19.7 Å². The molecule has 9 nitrogen and oxygen atoms in total. The van der Waals surface area contributed by atoms with Gasteiger partial charge in [0.15, 0.2) is 11.0 Å². The van der Waals surface area contributed by atoms with E-state index in [0.29, 0.717) is 34.4 Å². The van der Waals surface area contributed by atoms with Crippen LogP contribution >= 0.6 is 11.8 Å². The van der Waals surface area contributed by atoms with Gasteiger partial charge in [0.2, 0.25) is 0 Å². The maximum atomic E-state index is 15.5. The molecule has 5 rings (SSSR count). The zero-order chi connectivity index (χ0) is 33.7. The van der Waals surface area contributed by atoms with Crippen molar-refractivity contribution in [2.75, 3.05) is 24.3 Å². The summed E-state index contributed by atoms with van der Waals surface area (Å²) < 4.78 is 63.5. The number of thioether (sulfide) groups is 1. The third-order valence-corrected chi connectivity index (χ3v) is 8.50. The van der Waals surface area contributed by atoms with Gasteiger partial charge in [0.05, 0.1) is 18.8 Å². The first-order valence-corrected chi connectivity index (χ1v) is 15.9. The second-order valence-electron chi connectivity index (χ2n) is 11.1. The van der Waals surface area contributed by atoms with Crippen molar-refractivity contribution in [2.45, 2.75) is 51.7 Å². The van der Waals surface area contributed by atoms with Crippen molar-refractivity contribution in [3.05, 3.63) is 84.2 Å². The Morgan fingerprint density at radius 3 is 2.38 bits per heavy atom. The fraction of sp³-hybridized carbons (Fsp3) is 0.333. The molecule has 2 atom stereocenters. The van der Waals surface area contributed by atoms with Gasteiger partial charge in [-0.15, -0.1) is 18.3 Å². The highest BCUT2D eigenvalue weighted by atomic mass is 32.2. The van der Waals surface area contributed by atoms with Crippen LogP contribution in [0.2, 0.25) is 0 Å². The summed E-state index contributed by atoms with van der Waals surface area (Å²) in [5, 5.41) is 7.61. The number of amides is 2. The first-order chi connectivity index (χ1) is 22.4. The molecule has 1 N–H and O–H groups in total. The molecular weight excluding hydrogens is 636 g/mol. The van der Waals surface area contributed by atoms with E-state index >= 15 is 4.39 Å². The van der Waals surface area contributed by atoms with Crippen LogP contribution in [0, 0.1) is 0 Å². The summed E-state index contributed by atoms with van der Waals surface area (Å²) in [6, 6.07) is 16.1. The smallest absolute Gasteiger partial charge is 0.497 e. The van der Waals surface area contributed by atoms with Gasteiger partial charge in [-0.3, -0.25) is 0 Å². The van der Waals surface area contributed by atoms with Crippen LogP contribution in [-0.4, -0.2) is 57.8 Å². The standard InChI is InChI=1S/C33H34F4N6O3S/c1-20(2)27-18-26(45-4)14-15-28(27)42-16-5-17-47-32(42)40-31(44)39-21(3)29(34)22-6-8-23(9-7-22)30-38-19-43(41-30)24-10-12-25(13-11-24)46-33(35,36)37/h6-15,18-21,29H,5,16-17H2,1-4H3,(H,39,44)/b40-32-. The molecule has 2 heterocycles. The van der Waals surface area contributed by atoms with Gasteiger partial charge >= 0.3 is 12.4 Å². The Morgan fingerprint density at radius 2 is 1.72 bits per heavy atom. The molecule has 0 aliphatic carbocycles. The van der Waals surface area contributed by atoms with E-state index in [9.17, 15) is 18.0 Å². The van der Waals surface area contributed by atoms with Gasteiger partial charge < -0.3 is 19.7 Å². The molecular formula is C33H34F4N6O3S. The monoisotopic (exact) mass is 670 g/mol. The van der Waals surface area contributed by atoms with E-state index in [2.05, 4.69) is 39.0 Å². The van der Waals surface area contributed by atoms with Crippen molar-refractivity contribution >= 4 is 28.6 Å². The predicted octanol–water partition coefficient (Wildman–Crippen LogP) is 8.07. The molecule has 1 aliphatic heterocycles. The van der Waals surface area contributed by atoms with Gasteiger partial charge in [-0.2, -0.15) is 4.99 Å². The summed E-state index contributed by atoms with van der Waals surface area (Å²) in [6.45, 7) is 6.48. The Bertz CT molecular complexity index is 1710. The molecule has 0 bridgehead atoms. The number of nitrogens with zero attached hydrogens (tertiary/aromatic N) is 5. The van der Waals surface area contributed by atoms with Gasteiger partial charge in [0, 0.05) is 23.5 Å². The summed E-state index contributed by atoms with van der Waals surface area (Å²) in [6.07, 6.45) is -3.95. The van der Waals surface area contributed by atoms with Crippen molar-refractivity contribution in [3.8, 4) is 28.6 Å². The quantitative estimate of drug-likeness (QED) is 0.180. The number of nitrogens with one attached hydrogen (secondary N) is 1. The minimum Gasteiger partial charge on any atom is -0.497 e. The zero-order valence-corrected chi connectivity index (χ0v) is 27.0. The normalized spacial score (nSPS) is 15.9. The van der Waals surface area contributed by atoms with Crippen LogP contribution in [0.5, 0.6) is 11.5 Å². The van der Waals surface area contributed by atoms with Crippen molar-refractivity contribution in [3.63, 3.8) is 0 Å². The number of anilines is 1. The number of halogens is 4. The number of carbonyl (C=O) groups excluding carboxylic acids is 1. The lowest BCUT2D eigenvalue weighted by Gasteiger charge is -2.32. The number of ether oxygens (including phenoxy) is 2. The SMILES string of the molecule is COc1ccc(N2CCCS/C2=N\C(=O)NC(C)C(F)c2ccc(-c3ncn(-c4ccc(OC(F)(F)F)cc4)n3)cc2)c(C(C)C)c1. The van der Waals surface area contributed by atoms with Crippen molar-refractivity contribution in [1.82, 2.24) is 20.1 Å². The first kappa shape index (κ1) is 33.8. The Balaban J connectivity index is 1.23. The topological polar surface area (TPSA) is 93.9 Å². The molecule has 2 unspecified atom stereocenters. The summed E-state index contributed by atoms with van der Waals surface area (Å²) in [7, 11) is 1.63. The van der Waals surface area contributed by atoms with Gasteiger partial charge in [0.25, 0.3) is 0 Å². The van der Waals surface area contributed by atoms with Crippen LogP contribution in [0.25, 0.3) is 17.1 Å². The third-order valence-electron chi connectivity index (χ3n) is 7.44. The highest BCUT2D eigenvalue weighted by Crippen LogP contribution is 2.35. The average Bonchev–Trinajstić information content (AvgIpc) is 3.54. The number of amidine groups is 1.